The second kappa shape index (κ2) is 5.79. The zero-order valence-corrected chi connectivity index (χ0v) is 12.1. The van der Waals surface area contributed by atoms with E-state index in [-0.39, 0.29) is 24.3 Å². The number of carboxylic acids is 1. The fourth-order valence-electron chi connectivity index (χ4n) is 3.02. The van der Waals surface area contributed by atoms with Crippen LogP contribution in [0.15, 0.2) is 30.3 Å². The van der Waals surface area contributed by atoms with Gasteiger partial charge in [0.25, 0.3) is 0 Å². The molecule has 1 aliphatic heterocycles. The van der Waals surface area contributed by atoms with E-state index in [1.807, 2.05) is 30.3 Å². The van der Waals surface area contributed by atoms with E-state index in [9.17, 15) is 14.4 Å². The van der Waals surface area contributed by atoms with Crippen LogP contribution in [0, 0.1) is 11.8 Å². The van der Waals surface area contributed by atoms with Gasteiger partial charge < -0.3 is 15.3 Å². The lowest BCUT2D eigenvalue weighted by Crippen LogP contribution is -2.38. The zero-order valence-electron chi connectivity index (χ0n) is 12.1. The summed E-state index contributed by atoms with van der Waals surface area (Å²) < 4.78 is 0. The van der Waals surface area contributed by atoms with Gasteiger partial charge in [-0.3, -0.25) is 14.4 Å². The smallest absolute Gasteiger partial charge is 0.307 e. The molecule has 0 bridgehead atoms. The zero-order chi connectivity index (χ0) is 15.7. The molecule has 0 radical (unpaired) electrons. The molecule has 22 heavy (non-hydrogen) atoms. The Morgan fingerprint density at radius 2 is 1.91 bits per heavy atom. The van der Waals surface area contributed by atoms with Crippen LogP contribution < -0.4 is 5.32 Å². The van der Waals surface area contributed by atoms with Crippen molar-refractivity contribution in [1.82, 2.24) is 10.2 Å². The van der Waals surface area contributed by atoms with Gasteiger partial charge in [-0.05, 0) is 12.0 Å². The number of carboxylic acid groups (broad SMARTS) is 1. The molecule has 3 unspecified atom stereocenters. The summed E-state index contributed by atoms with van der Waals surface area (Å²) in [6.07, 6.45) is 0.605. The van der Waals surface area contributed by atoms with Crippen molar-refractivity contribution in [2.45, 2.75) is 18.9 Å². The predicted octanol–water partition coefficient (Wildman–Crippen LogP) is 0.797. The number of carbonyl (C=O) groups is 3. The topological polar surface area (TPSA) is 86.7 Å². The summed E-state index contributed by atoms with van der Waals surface area (Å²) in [5, 5.41) is 11.8. The molecule has 2 fully saturated rings. The largest absolute Gasteiger partial charge is 0.481 e. The number of carbonyl (C=O) groups excluding carboxylic acids is 2. The third kappa shape index (κ3) is 2.81. The lowest BCUT2D eigenvalue weighted by Gasteiger charge is -2.29. The van der Waals surface area contributed by atoms with Gasteiger partial charge in [-0.2, -0.15) is 0 Å². The molecule has 3 rings (SSSR count). The Hall–Kier alpha value is -2.37. The number of aliphatic carboxylic acids is 1. The van der Waals surface area contributed by atoms with Crippen molar-refractivity contribution in [1.29, 1.82) is 0 Å². The van der Waals surface area contributed by atoms with Gasteiger partial charge in [0.15, 0.2) is 0 Å². The number of nitrogens with one attached hydrogen (secondary N) is 1. The summed E-state index contributed by atoms with van der Waals surface area (Å²) in [7, 11) is 0. The summed E-state index contributed by atoms with van der Waals surface area (Å²) in [5.74, 6) is -2.18. The summed E-state index contributed by atoms with van der Waals surface area (Å²) in [5.41, 5.74) is 0.903. The van der Waals surface area contributed by atoms with Crippen molar-refractivity contribution in [3.05, 3.63) is 35.9 Å². The van der Waals surface area contributed by atoms with Gasteiger partial charge in [0.2, 0.25) is 11.8 Å². The van der Waals surface area contributed by atoms with E-state index in [1.165, 1.54) is 0 Å². The highest BCUT2D eigenvalue weighted by atomic mass is 16.4. The van der Waals surface area contributed by atoms with Crippen LogP contribution in [0.1, 0.15) is 24.4 Å². The second-order valence-corrected chi connectivity index (χ2v) is 5.80. The number of amides is 2. The van der Waals surface area contributed by atoms with Crippen LogP contribution in [0.4, 0.5) is 0 Å². The first-order valence-corrected chi connectivity index (χ1v) is 7.43. The fourth-order valence-corrected chi connectivity index (χ4v) is 3.02. The van der Waals surface area contributed by atoms with Gasteiger partial charge >= 0.3 is 5.97 Å². The molecule has 0 spiro atoms. The average molecular weight is 302 g/mol. The normalized spacial score (nSPS) is 27.7. The van der Waals surface area contributed by atoms with Crippen LogP contribution in [0.2, 0.25) is 0 Å². The first kappa shape index (κ1) is 14.6. The van der Waals surface area contributed by atoms with Crippen molar-refractivity contribution in [3.8, 4) is 0 Å². The molecular formula is C16H18N2O4. The Morgan fingerprint density at radius 3 is 2.55 bits per heavy atom. The molecule has 2 amide bonds. The molecule has 2 aliphatic rings. The summed E-state index contributed by atoms with van der Waals surface area (Å²) >= 11 is 0. The lowest BCUT2D eigenvalue weighted by atomic mass is 10.0. The monoisotopic (exact) mass is 302 g/mol. The first-order chi connectivity index (χ1) is 10.6. The van der Waals surface area contributed by atoms with E-state index in [4.69, 9.17) is 5.11 Å². The number of benzene rings is 1. The molecule has 2 N–H and O–H groups in total. The Morgan fingerprint density at radius 1 is 1.18 bits per heavy atom. The highest BCUT2D eigenvalue weighted by molar-refractivity contribution is 5.90. The summed E-state index contributed by atoms with van der Waals surface area (Å²) in [4.78, 5) is 37.2. The van der Waals surface area contributed by atoms with E-state index in [0.29, 0.717) is 19.5 Å². The molecular weight excluding hydrogens is 284 g/mol. The Bertz CT molecular complexity index is 601. The minimum atomic E-state index is -0.918. The van der Waals surface area contributed by atoms with Gasteiger partial charge in [-0.25, -0.2) is 0 Å². The maximum atomic E-state index is 12.6. The minimum absolute atomic E-state index is 0.0882. The SMILES string of the molecule is O=C1CC(c2ccccc2)N(C(=O)C2CC2C(=O)O)CCN1. The summed E-state index contributed by atoms with van der Waals surface area (Å²) in [6.45, 7) is 0.811. The van der Waals surface area contributed by atoms with Gasteiger partial charge in [-0.1, -0.05) is 30.3 Å². The number of hydrogen-bond acceptors (Lipinski definition) is 3. The van der Waals surface area contributed by atoms with Crippen LogP contribution >= 0.6 is 0 Å². The lowest BCUT2D eigenvalue weighted by molar-refractivity contribution is -0.142. The quantitative estimate of drug-likeness (QED) is 0.864. The van der Waals surface area contributed by atoms with Crippen LogP contribution in [-0.2, 0) is 14.4 Å². The molecule has 1 aliphatic carbocycles. The molecule has 116 valence electrons. The molecule has 1 aromatic rings. The van der Waals surface area contributed by atoms with Gasteiger partial charge in [0.05, 0.1) is 24.3 Å². The van der Waals surface area contributed by atoms with Crippen LogP contribution in [0.3, 0.4) is 0 Å². The molecule has 1 heterocycles. The van der Waals surface area contributed by atoms with E-state index >= 15 is 0 Å². The molecule has 6 nitrogen and oxygen atoms in total. The van der Waals surface area contributed by atoms with E-state index in [1.54, 1.807) is 4.90 Å². The Kier molecular flexibility index (Phi) is 3.83. The molecule has 3 atom stereocenters. The molecule has 1 saturated heterocycles. The number of hydrogen-bond donors (Lipinski definition) is 2. The van der Waals surface area contributed by atoms with Gasteiger partial charge in [-0.15, -0.1) is 0 Å². The highest BCUT2D eigenvalue weighted by Crippen LogP contribution is 2.42. The second-order valence-electron chi connectivity index (χ2n) is 5.80. The minimum Gasteiger partial charge on any atom is -0.481 e. The van der Waals surface area contributed by atoms with Crippen LogP contribution in [0.25, 0.3) is 0 Å². The van der Waals surface area contributed by atoms with Crippen molar-refractivity contribution in [2.75, 3.05) is 13.1 Å². The molecule has 6 heteroatoms. The molecule has 1 aromatic carbocycles. The van der Waals surface area contributed by atoms with Crippen molar-refractivity contribution in [3.63, 3.8) is 0 Å². The Balaban J connectivity index is 1.84. The summed E-state index contributed by atoms with van der Waals surface area (Å²) in [6, 6.07) is 9.09. The fraction of sp³-hybridized carbons (Fsp3) is 0.438. The van der Waals surface area contributed by atoms with E-state index < -0.39 is 17.8 Å². The third-order valence-corrected chi connectivity index (χ3v) is 4.32. The van der Waals surface area contributed by atoms with Crippen molar-refractivity contribution in [2.24, 2.45) is 11.8 Å². The number of rotatable bonds is 3. The maximum Gasteiger partial charge on any atom is 0.307 e. The van der Waals surface area contributed by atoms with Crippen LogP contribution in [-0.4, -0.2) is 40.9 Å². The number of nitrogens with zero attached hydrogens (tertiary/aromatic N) is 1. The molecule has 1 saturated carbocycles. The van der Waals surface area contributed by atoms with E-state index in [0.717, 1.165) is 5.56 Å². The van der Waals surface area contributed by atoms with E-state index in [2.05, 4.69) is 5.32 Å². The van der Waals surface area contributed by atoms with Gasteiger partial charge in [0.1, 0.15) is 0 Å². The Labute approximate surface area is 128 Å². The van der Waals surface area contributed by atoms with Crippen molar-refractivity contribution < 1.29 is 19.5 Å². The third-order valence-electron chi connectivity index (χ3n) is 4.32. The highest BCUT2D eigenvalue weighted by Gasteiger charge is 2.51. The van der Waals surface area contributed by atoms with Crippen LogP contribution in [0.5, 0.6) is 0 Å². The first-order valence-electron chi connectivity index (χ1n) is 7.43. The van der Waals surface area contributed by atoms with Crippen molar-refractivity contribution >= 4 is 17.8 Å². The average Bonchev–Trinajstić information content (AvgIpc) is 3.31. The standard InChI is InChI=1S/C16H18N2O4/c19-14-9-13(10-4-2-1-3-5-10)18(7-6-17-14)15(20)11-8-12(11)16(21)22/h1-5,11-13H,6-9H2,(H,17,19)(H,21,22). The maximum absolute atomic E-state index is 12.6. The van der Waals surface area contributed by atoms with Gasteiger partial charge in [0, 0.05) is 13.1 Å². The predicted molar refractivity (Wildman–Crippen MR) is 77.8 cm³/mol. The molecule has 0 aromatic heterocycles.